The molecule has 0 saturated carbocycles. The molecule has 0 rings (SSSR count). The van der Waals surface area contributed by atoms with Crippen LogP contribution >= 0.6 is 0 Å². The molecule has 0 saturated heterocycles. The third-order valence-electron chi connectivity index (χ3n) is 2.31. The predicted octanol–water partition coefficient (Wildman–Crippen LogP) is 1.68. The third kappa shape index (κ3) is 11.6. The minimum absolute atomic E-state index is 0.0400. The van der Waals surface area contributed by atoms with Gasteiger partial charge in [-0.2, -0.15) is 0 Å². The van der Waals surface area contributed by atoms with Gasteiger partial charge in [0.25, 0.3) is 0 Å². The monoisotopic (exact) mass is 244 g/mol. The van der Waals surface area contributed by atoms with Gasteiger partial charge in [-0.1, -0.05) is 20.8 Å². The van der Waals surface area contributed by atoms with E-state index in [1.807, 2.05) is 6.92 Å². The van der Waals surface area contributed by atoms with Crippen molar-refractivity contribution < 1.29 is 9.53 Å². The largest absolute Gasteiger partial charge is 0.382 e. The zero-order valence-electron chi connectivity index (χ0n) is 11.7. The molecule has 0 radical (unpaired) electrons. The Kier molecular flexibility index (Phi) is 8.17. The average molecular weight is 244 g/mol. The Labute approximate surface area is 105 Å². The number of carbonyl (C=O) groups is 1. The number of rotatable bonds is 8. The van der Waals surface area contributed by atoms with Crippen molar-refractivity contribution in [2.45, 2.75) is 53.0 Å². The lowest BCUT2D eigenvalue weighted by atomic mass is 9.87. The summed E-state index contributed by atoms with van der Waals surface area (Å²) in [5.41, 5.74) is 6.10. The molecule has 0 bridgehead atoms. The molecule has 0 aliphatic carbocycles. The van der Waals surface area contributed by atoms with Crippen molar-refractivity contribution in [3.63, 3.8) is 0 Å². The van der Waals surface area contributed by atoms with Crippen LogP contribution in [-0.2, 0) is 9.53 Å². The molecule has 0 aromatic rings. The summed E-state index contributed by atoms with van der Waals surface area (Å²) in [4.78, 5) is 11.5. The fraction of sp³-hybridized carbons (Fsp3) is 0.923. The smallest absolute Gasteiger partial charge is 0.221 e. The van der Waals surface area contributed by atoms with Gasteiger partial charge >= 0.3 is 0 Å². The van der Waals surface area contributed by atoms with Gasteiger partial charge in [-0.15, -0.1) is 0 Å². The van der Waals surface area contributed by atoms with Crippen LogP contribution in [0.5, 0.6) is 0 Å². The molecule has 0 fully saturated rings. The maximum Gasteiger partial charge on any atom is 0.221 e. The molecule has 102 valence electrons. The quantitative estimate of drug-likeness (QED) is 0.639. The summed E-state index contributed by atoms with van der Waals surface area (Å²) in [6, 6.07) is -0.0538. The van der Waals surface area contributed by atoms with Gasteiger partial charge in [-0.3, -0.25) is 4.79 Å². The van der Waals surface area contributed by atoms with E-state index in [1.54, 1.807) is 0 Å². The molecule has 0 aromatic heterocycles. The molecular formula is C13H28N2O2. The molecule has 4 nitrogen and oxygen atoms in total. The van der Waals surface area contributed by atoms with Crippen molar-refractivity contribution >= 4 is 5.91 Å². The summed E-state index contributed by atoms with van der Waals surface area (Å²) in [5, 5.41) is 2.86. The first kappa shape index (κ1) is 16.4. The minimum atomic E-state index is -0.0538. The van der Waals surface area contributed by atoms with E-state index in [-0.39, 0.29) is 17.4 Å². The second kappa shape index (κ2) is 8.48. The molecule has 0 spiro atoms. The SMILES string of the molecule is CCOCCCNC(=O)CC(N)CC(C)(C)C. The van der Waals surface area contributed by atoms with E-state index < -0.39 is 0 Å². The molecule has 1 unspecified atom stereocenters. The molecule has 4 heteroatoms. The first-order chi connectivity index (χ1) is 7.85. The van der Waals surface area contributed by atoms with Gasteiger partial charge in [0.05, 0.1) is 0 Å². The zero-order valence-corrected chi connectivity index (χ0v) is 11.7. The first-order valence-electron chi connectivity index (χ1n) is 6.45. The topological polar surface area (TPSA) is 64.3 Å². The summed E-state index contributed by atoms with van der Waals surface area (Å²) in [6.07, 6.45) is 2.12. The normalized spacial score (nSPS) is 13.5. The Hall–Kier alpha value is -0.610. The highest BCUT2D eigenvalue weighted by molar-refractivity contribution is 5.76. The van der Waals surface area contributed by atoms with Gasteiger partial charge in [-0.25, -0.2) is 0 Å². The summed E-state index contributed by atoms with van der Waals surface area (Å²) in [7, 11) is 0. The molecule has 1 atom stereocenters. The third-order valence-corrected chi connectivity index (χ3v) is 2.31. The highest BCUT2D eigenvalue weighted by atomic mass is 16.5. The summed E-state index contributed by atoms with van der Waals surface area (Å²) < 4.78 is 5.19. The van der Waals surface area contributed by atoms with Crippen LogP contribution < -0.4 is 11.1 Å². The van der Waals surface area contributed by atoms with Gasteiger partial charge in [0.15, 0.2) is 0 Å². The molecular weight excluding hydrogens is 216 g/mol. The lowest BCUT2D eigenvalue weighted by molar-refractivity contribution is -0.121. The molecule has 0 aromatic carbocycles. The van der Waals surface area contributed by atoms with E-state index in [0.29, 0.717) is 19.6 Å². The fourth-order valence-electron chi connectivity index (χ4n) is 1.72. The van der Waals surface area contributed by atoms with Crippen molar-refractivity contribution in [3.8, 4) is 0 Å². The Balaban J connectivity index is 3.58. The number of ether oxygens (including phenoxy) is 1. The minimum Gasteiger partial charge on any atom is -0.382 e. The number of amides is 1. The molecule has 0 heterocycles. The highest BCUT2D eigenvalue weighted by Crippen LogP contribution is 2.20. The van der Waals surface area contributed by atoms with Gasteiger partial charge < -0.3 is 15.8 Å². The van der Waals surface area contributed by atoms with Crippen molar-refractivity contribution in [3.05, 3.63) is 0 Å². The fourth-order valence-corrected chi connectivity index (χ4v) is 1.72. The number of nitrogens with two attached hydrogens (primary N) is 1. The number of nitrogens with one attached hydrogen (secondary N) is 1. The van der Waals surface area contributed by atoms with Gasteiger partial charge in [0.1, 0.15) is 0 Å². The second-order valence-electron chi connectivity index (χ2n) is 5.63. The number of hydrogen-bond donors (Lipinski definition) is 2. The Morgan fingerprint density at radius 1 is 1.41 bits per heavy atom. The first-order valence-corrected chi connectivity index (χ1v) is 6.45. The van der Waals surface area contributed by atoms with Crippen LogP contribution in [0.1, 0.15) is 47.0 Å². The number of hydrogen-bond acceptors (Lipinski definition) is 3. The lowest BCUT2D eigenvalue weighted by Gasteiger charge is -2.22. The summed E-state index contributed by atoms with van der Waals surface area (Å²) in [5.74, 6) is 0.0400. The summed E-state index contributed by atoms with van der Waals surface area (Å²) >= 11 is 0. The van der Waals surface area contributed by atoms with Gasteiger partial charge in [0.2, 0.25) is 5.91 Å². The van der Waals surface area contributed by atoms with E-state index in [4.69, 9.17) is 10.5 Å². The average Bonchev–Trinajstić information content (AvgIpc) is 2.14. The molecule has 1 amide bonds. The summed E-state index contributed by atoms with van der Waals surface area (Å²) in [6.45, 7) is 10.5. The van der Waals surface area contributed by atoms with Crippen LogP contribution in [0.25, 0.3) is 0 Å². The van der Waals surface area contributed by atoms with E-state index in [2.05, 4.69) is 26.1 Å². The molecule has 3 N–H and O–H groups in total. The van der Waals surface area contributed by atoms with E-state index in [1.165, 1.54) is 0 Å². The van der Waals surface area contributed by atoms with Crippen LogP contribution in [0, 0.1) is 5.41 Å². The van der Waals surface area contributed by atoms with Crippen molar-refractivity contribution in [1.82, 2.24) is 5.32 Å². The molecule has 17 heavy (non-hydrogen) atoms. The van der Waals surface area contributed by atoms with E-state index in [9.17, 15) is 4.79 Å². The lowest BCUT2D eigenvalue weighted by Crippen LogP contribution is -2.34. The standard InChI is InChI=1S/C13H28N2O2/c1-5-17-8-6-7-15-12(16)9-11(14)10-13(2,3)4/h11H,5-10,14H2,1-4H3,(H,15,16). The van der Waals surface area contributed by atoms with Crippen molar-refractivity contribution in [2.24, 2.45) is 11.1 Å². The van der Waals surface area contributed by atoms with Crippen LogP contribution in [0.3, 0.4) is 0 Å². The maximum atomic E-state index is 11.5. The van der Waals surface area contributed by atoms with Crippen molar-refractivity contribution in [1.29, 1.82) is 0 Å². The Morgan fingerprint density at radius 3 is 2.59 bits per heavy atom. The maximum absolute atomic E-state index is 11.5. The van der Waals surface area contributed by atoms with Gasteiger partial charge in [0, 0.05) is 32.2 Å². The zero-order chi connectivity index (χ0) is 13.3. The number of carbonyl (C=O) groups excluding carboxylic acids is 1. The van der Waals surface area contributed by atoms with E-state index >= 15 is 0 Å². The van der Waals surface area contributed by atoms with Gasteiger partial charge in [-0.05, 0) is 25.2 Å². The van der Waals surface area contributed by atoms with Crippen LogP contribution in [-0.4, -0.2) is 31.7 Å². The Morgan fingerprint density at radius 2 is 2.06 bits per heavy atom. The van der Waals surface area contributed by atoms with Crippen LogP contribution in [0.15, 0.2) is 0 Å². The predicted molar refractivity (Wildman–Crippen MR) is 70.8 cm³/mol. The molecule has 0 aliphatic rings. The Bertz CT molecular complexity index is 212. The van der Waals surface area contributed by atoms with Crippen molar-refractivity contribution in [2.75, 3.05) is 19.8 Å². The van der Waals surface area contributed by atoms with Crippen LogP contribution in [0.2, 0.25) is 0 Å². The molecule has 0 aliphatic heterocycles. The van der Waals surface area contributed by atoms with Crippen LogP contribution in [0.4, 0.5) is 0 Å². The highest BCUT2D eigenvalue weighted by Gasteiger charge is 2.17. The van der Waals surface area contributed by atoms with E-state index in [0.717, 1.165) is 19.4 Å². The second-order valence-corrected chi connectivity index (χ2v) is 5.63.